The number of aromatic nitrogens is 1. The molecule has 7 aromatic rings. The molecule has 0 amide bonds. The SMILES string of the molecule is CCCCCCCCCCC1(CCCCCCCCCC)c2cc(C#Cc3ccc(-c4nc5ccccc5s4)s3)ccc2-c2ccc(N(c3ccccc3)c3ccccc3)cc21. The van der Waals surface area contributed by atoms with E-state index in [9.17, 15) is 0 Å². The van der Waals surface area contributed by atoms with Gasteiger partial charge in [0.25, 0.3) is 0 Å². The minimum absolute atomic E-state index is 0.0647. The lowest BCUT2D eigenvalue weighted by atomic mass is 9.70. The van der Waals surface area contributed by atoms with Gasteiger partial charge < -0.3 is 4.90 Å². The molecule has 2 nitrogen and oxygen atoms in total. The highest BCUT2D eigenvalue weighted by Crippen LogP contribution is 2.56. The van der Waals surface area contributed by atoms with E-state index in [1.54, 1.807) is 22.7 Å². The fraction of sp³-hybridized carbons (Fsp3) is 0.362. The predicted octanol–water partition coefficient (Wildman–Crippen LogP) is 18.2. The smallest absolute Gasteiger partial charge is 0.134 e. The summed E-state index contributed by atoms with van der Waals surface area (Å²) in [6.07, 6.45) is 23.6. The molecule has 1 aliphatic carbocycles. The topological polar surface area (TPSA) is 16.1 Å². The Bertz CT molecular complexity index is 2440. The Morgan fingerprint density at radius 3 is 1.65 bits per heavy atom. The Labute approximate surface area is 380 Å². The van der Waals surface area contributed by atoms with E-state index in [1.807, 2.05) is 0 Å². The predicted molar refractivity (Wildman–Crippen MR) is 271 cm³/mol. The zero-order valence-corrected chi connectivity index (χ0v) is 38.8. The van der Waals surface area contributed by atoms with Crippen LogP contribution in [0.2, 0.25) is 0 Å². The van der Waals surface area contributed by atoms with Gasteiger partial charge in [0.2, 0.25) is 0 Å². The summed E-state index contributed by atoms with van der Waals surface area (Å²) in [5, 5.41) is 1.07. The third kappa shape index (κ3) is 10.5. The molecule has 0 atom stereocenters. The monoisotopic (exact) mass is 852 g/mol. The van der Waals surface area contributed by atoms with Gasteiger partial charge >= 0.3 is 0 Å². The normalized spacial score (nSPS) is 12.5. The van der Waals surface area contributed by atoms with Gasteiger partial charge in [-0.1, -0.05) is 189 Å². The zero-order valence-electron chi connectivity index (χ0n) is 37.1. The fourth-order valence-corrected chi connectivity index (χ4v) is 11.6. The van der Waals surface area contributed by atoms with Crippen LogP contribution in [0.15, 0.2) is 133 Å². The minimum atomic E-state index is -0.0647. The maximum Gasteiger partial charge on any atom is 0.134 e. The maximum atomic E-state index is 4.92. The summed E-state index contributed by atoms with van der Waals surface area (Å²) in [7, 11) is 0. The molecule has 4 heteroatoms. The summed E-state index contributed by atoms with van der Waals surface area (Å²) in [5.74, 6) is 7.24. The number of anilines is 3. The van der Waals surface area contributed by atoms with Crippen LogP contribution in [0.25, 0.3) is 31.2 Å². The largest absolute Gasteiger partial charge is 0.310 e. The van der Waals surface area contributed by atoms with Crippen LogP contribution in [-0.2, 0) is 5.41 Å². The number of nitrogens with zero attached hydrogens (tertiary/aromatic N) is 2. The molecular formula is C58H64N2S2. The molecule has 0 aliphatic heterocycles. The van der Waals surface area contributed by atoms with Gasteiger partial charge in [-0.25, -0.2) is 4.98 Å². The van der Waals surface area contributed by atoms with E-state index in [0.29, 0.717) is 0 Å². The Morgan fingerprint density at radius 2 is 1.03 bits per heavy atom. The van der Waals surface area contributed by atoms with Crippen molar-refractivity contribution >= 4 is 50.0 Å². The molecule has 5 aromatic carbocycles. The first kappa shape index (κ1) is 43.7. The Kier molecular flexibility index (Phi) is 15.4. The molecule has 0 saturated carbocycles. The van der Waals surface area contributed by atoms with Crippen LogP contribution in [0.4, 0.5) is 17.1 Å². The van der Waals surface area contributed by atoms with Crippen LogP contribution in [0.5, 0.6) is 0 Å². The van der Waals surface area contributed by atoms with E-state index in [2.05, 4.69) is 164 Å². The summed E-state index contributed by atoms with van der Waals surface area (Å²) < 4.78 is 1.23. The lowest BCUT2D eigenvalue weighted by Gasteiger charge is -2.34. The third-order valence-corrected chi connectivity index (χ3v) is 15.2. The Balaban J connectivity index is 1.15. The van der Waals surface area contributed by atoms with Crippen molar-refractivity contribution in [2.75, 3.05) is 4.90 Å². The highest BCUT2D eigenvalue weighted by molar-refractivity contribution is 7.25. The zero-order chi connectivity index (χ0) is 42.4. The number of thiophene rings is 1. The van der Waals surface area contributed by atoms with Gasteiger partial charge in [-0.3, -0.25) is 0 Å². The summed E-state index contributed by atoms with van der Waals surface area (Å²) in [6.45, 7) is 4.63. The molecule has 2 heterocycles. The van der Waals surface area contributed by atoms with Crippen LogP contribution in [0.3, 0.4) is 0 Å². The van der Waals surface area contributed by atoms with Gasteiger partial charge in [0, 0.05) is 28.0 Å². The quantitative estimate of drug-likeness (QED) is 0.0499. The first-order chi connectivity index (χ1) is 30.7. The first-order valence-corrected chi connectivity index (χ1v) is 25.5. The van der Waals surface area contributed by atoms with E-state index < -0.39 is 0 Å². The average molecular weight is 853 g/mol. The van der Waals surface area contributed by atoms with Crippen molar-refractivity contribution in [2.24, 2.45) is 0 Å². The number of thiazole rings is 1. The first-order valence-electron chi connectivity index (χ1n) is 23.8. The Hall–Kier alpha value is -4.95. The second kappa shape index (κ2) is 21.9. The molecule has 0 N–H and O–H groups in total. The summed E-state index contributed by atoms with van der Waals surface area (Å²) >= 11 is 3.51. The van der Waals surface area contributed by atoms with Crippen LogP contribution in [-0.4, -0.2) is 4.98 Å². The number of unbranched alkanes of at least 4 members (excludes halogenated alkanes) is 14. The number of fused-ring (bicyclic) bond motifs is 4. The molecule has 0 saturated heterocycles. The van der Waals surface area contributed by atoms with Crippen LogP contribution >= 0.6 is 22.7 Å². The number of hydrogen-bond acceptors (Lipinski definition) is 4. The highest BCUT2D eigenvalue weighted by atomic mass is 32.1. The second-order valence-electron chi connectivity index (χ2n) is 17.4. The Morgan fingerprint density at radius 1 is 0.484 bits per heavy atom. The molecule has 62 heavy (non-hydrogen) atoms. The van der Waals surface area contributed by atoms with Gasteiger partial charge in [-0.05, 0) is 108 Å². The number of para-hydroxylation sites is 3. The van der Waals surface area contributed by atoms with Crippen molar-refractivity contribution in [3.63, 3.8) is 0 Å². The van der Waals surface area contributed by atoms with Crippen molar-refractivity contribution in [1.82, 2.24) is 4.98 Å². The van der Waals surface area contributed by atoms with E-state index >= 15 is 0 Å². The van der Waals surface area contributed by atoms with Crippen molar-refractivity contribution in [3.05, 3.63) is 155 Å². The van der Waals surface area contributed by atoms with E-state index in [4.69, 9.17) is 4.98 Å². The van der Waals surface area contributed by atoms with Gasteiger partial charge in [0.05, 0.1) is 20.0 Å². The molecule has 8 rings (SSSR count). The van der Waals surface area contributed by atoms with Crippen molar-refractivity contribution in [2.45, 2.75) is 135 Å². The third-order valence-electron chi connectivity index (χ3n) is 13.0. The standard InChI is InChI=1S/C58H64N2S2/c1-3-5-7-9-11-13-15-25-41-58(42-26-16-14-12-10-8-6-4-2)52-43-45(33-36-49-37-40-56(61-49)57-59-54-31-23-24-32-55(54)62-57)34-38-50(52)51-39-35-48(44-53(51)58)60(46-27-19-17-20-28-46)47-29-21-18-22-30-47/h17-24,27-32,34-35,37-40,43-44H,3-16,25-26,41-42H2,1-2H3. The van der Waals surface area contributed by atoms with Crippen LogP contribution in [0, 0.1) is 11.8 Å². The number of benzene rings is 5. The number of hydrogen-bond donors (Lipinski definition) is 0. The minimum Gasteiger partial charge on any atom is -0.310 e. The van der Waals surface area contributed by atoms with Crippen molar-refractivity contribution in [3.8, 4) is 32.9 Å². The van der Waals surface area contributed by atoms with E-state index in [-0.39, 0.29) is 5.41 Å². The molecule has 0 radical (unpaired) electrons. The molecule has 0 fully saturated rings. The molecule has 0 spiro atoms. The van der Waals surface area contributed by atoms with Gasteiger partial charge in [0.1, 0.15) is 5.01 Å². The molecule has 0 unspecified atom stereocenters. The highest BCUT2D eigenvalue weighted by Gasteiger charge is 2.43. The van der Waals surface area contributed by atoms with Crippen LogP contribution in [0.1, 0.15) is 151 Å². The van der Waals surface area contributed by atoms with Gasteiger partial charge in [-0.15, -0.1) is 22.7 Å². The second-order valence-corrected chi connectivity index (χ2v) is 19.5. The van der Waals surface area contributed by atoms with E-state index in [0.717, 1.165) is 21.0 Å². The summed E-state index contributed by atoms with van der Waals surface area (Å²) in [4.78, 5) is 9.64. The molecule has 0 bridgehead atoms. The van der Waals surface area contributed by atoms with Gasteiger partial charge in [0.15, 0.2) is 0 Å². The summed E-state index contributed by atoms with van der Waals surface area (Å²) in [5.41, 5.74) is 11.5. The van der Waals surface area contributed by atoms with Crippen LogP contribution < -0.4 is 4.90 Å². The molecular weight excluding hydrogens is 789 g/mol. The number of rotatable bonds is 22. The fourth-order valence-electron chi connectivity index (χ4n) is 9.72. The lowest BCUT2D eigenvalue weighted by Crippen LogP contribution is -2.26. The molecule has 318 valence electrons. The van der Waals surface area contributed by atoms with Gasteiger partial charge in [-0.2, -0.15) is 0 Å². The van der Waals surface area contributed by atoms with Crippen molar-refractivity contribution < 1.29 is 0 Å². The lowest BCUT2D eigenvalue weighted by molar-refractivity contribution is 0.397. The average Bonchev–Trinajstić information content (AvgIpc) is 4.04. The van der Waals surface area contributed by atoms with Crippen molar-refractivity contribution in [1.29, 1.82) is 0 Å². The maximum absolute atomic E-state index is 4.92. The summed E-state index contributed by atoms with van der Waals surface area (Å²) in [6, 6.07) is 49.1. The molecule has 2 aromatic heterocycles. The van der Waals surface area contributed by atoms with E-state index in [1.165, 1.54) is 164 Å². The molecule has 1 aliphatic rings.